The highest BCUT2D eigenvalue weighted by atomic mass is 32.2. The van der Waals surface area contributed by atoms with Gasteiger partial charge in [-0.15, -0.1) is 0 Å². The number of thioether (sulfide) groups is 1. The SMILES string of the molecule is Cc1cccc(NC(=O)CCCN2C(=O)/C(=C/c3cccc(OCc4ccccc4)c3)SC2=S)c1. The minimum atomic E-state index is -0.130. The van der Waals surface area contributed by atoms with Crippen molar-refractivity contribution in [2.24, 2.45) is 0 Å². The van der Waals surface area contributed by atoms with Gasteiger partial charge in [-0.3, -0.25) is 14.5 Å². The molecule has 178 valence electrons. The highest BCUT2D eigenvalue weighted by Crippen LogP contribution is 2.33. The normalized spacial score (nSPS) is 14.4. The summed E-state index contributed by atoms with van der Waals surface area (Å²) >= 11 is 6.72. The van der Waals surface area contributed by atoms with E-state index in [1.165, 1.54) is 11.8 Å². The molecule has 0 aliphatic carbocycles. The molecule has 1 N–H and O–H groups in total. The Kier molecular flexibility index (Phi) is 8.34. The summed E-state index contributed by atoms with van der Waals surface area (Å²) in [5.41, 5.74) is 3.82. The summed E-state index contributed by atoms with van der Waals surface area (Å²) < 4.78 is 6.41. The second kappa shape index (κ2) is 11.8. The zero-order chi connectivity index (χ0) is 24.6. The molecular weight excluding hydrogens is 476 g/mol. The minimum Gasteiger partial charge on any atom is -0.489 e. The molecule has 0 atom stereocenters. The Morgan fingerprint density at radius 3 is 2.66 bits per heavy atom. The van der Waals surface area contributed by atoms with E-state index in [4.69, 9.17) is 17.0 Å². The number of nitrogens with zero attached hydrogens (tertiary/aromatic N) is 1. The summed E-state index contributed by atoms with van der Waals surface area (Å²) in [6, 6.07) is 25.3. The van der Waals surface area contributed by atoms with Crippen LogP contribution in [0.3, 0.4) is 0 Å². The van der Waals surface area contributed by atoms with Gasteiger partial charge in [0.15, 0.2) is 0 Å². The van der Waals surface area contributed by atoms with Crippen molar-refractivity contribution in [1.29, 1.82) is 0 Å². The fraction of sp³-hybridized carbons (Fsp3) is 0.179. The van der Waals surface area contributed by atoms with Crippen LogP contribution in [0, 0.1) is 6.92 Å². The number of benzene rings is 3. The summed E-state index contributed by atoms with van der Waals surface area (Å²) in [6.07, 6.45) is 2.67. The predicted octanol–water partition coefficient (Wildman–Crippen LogP) is 6.19. The lowest BCUT2D eigenvalue weighted by Gasteiger charge is -2.14. The van der Waals surface area contributed by atoms with Gasteiger partial charge in [0.1, 0.15) is 16.7 Å². The number of rotatable bonds is 9. The van der Waals surface area contributed by atoms with Gasteiger partial charge in [-0.05, 0) is 60.4 Å². The summed E-state index contributed by atoms with van der Waals surface area (Å²) in [5.74, 6) is 0.524. The van der Waals surface area contributed by atoms with Crippen LogP contribution in [-0.2, 0) is 16.2 Å². The molecule has 0 aromatic heterocycles. The number of carbonyl (C=O) groups excluding carboxylic acids is 2. The lowest BCUT2D eigenvalue weighted by Crippen LogP contribution is -2.29. The molecule has 3 aromatic rings. The largest absolute Gasteiger partial charge is 0.489 e. The van der Waals surface area contributed by atoms with Gasteiger partial charge in [0, 0.05) is 18.7 Å². The lowest BCUT2D eigenvalue weighted by molar-refractivity contribution is -0.122. The number of aryl methyl sites for hydroxylation is 1. The van der Waals surface area contributed by atoms with Crippen molar-refractivity contribution in [3.63, 3.8) is 0 Å². The van der Waals surface area contributed by atoms with Gasteiger partial charge in [0.2, 0.25) is 5.91 Å². The van der Waals surface area contributed by atoms with Crippen LogP contribution in [0.1, 0.15) is 29.5 Å². The maximum Gasteiger partial charge on any atom is 0.266 e. The quantitative estimate of drug-likeness (QED) is 0.279. The van der Waals surface area contributed by atoms with E-state index in [-0.39, 0.29) is 11.8 Å². The van der Waals surface area contributed by atoms with E-state index in [9.17, 15) is 9.59 Å². The fourth-order valence-electron chi connectivity index (χ4n) is 3.62. The molecule has 7 heteroatoms. The lowest BCUT2D eigenvalue weighted by atomic mass is 10.2. The van der Waals surface area contributed by atoms with E-state index >= 15 is 0 Å². The van der Waals surface area contributed by atoms with Crippen LogP contribution < -0.4 is 10.1 Å². The molecule has 2 amide bonds. The number of hydrogen-bond acceptors (Lipinski definition) is 5. The number of amides is 2. The number of nitrogens with one attached hydrogen (secondary N) is 1. The van der Waals surface area contributed by atoms with Crippen molar-refractivity contribution in [1.82, 2.24) is 4.90 Å². The van der Waals surface area contributed by atoms with E-state index in [2.05, 4.69) is 5.32 Å². The zero-order valence-corrected chi connectivity index (χ0v) is 21.0. The maximum absolute atomic E-state index is 12.9. The molecule has 1 fully saturated rings. The Morgan fingerprint density at radius 1 is 1.06 bits per heavy atom. The molecule has 1 aliphatic heterocycles. The first-order chi connectivity index (χ1) is 17.0. The van der Waals surface area contributed by atoms with Gasteiger partial charge in [-0.1, -0.05) is 78.6 Å². The highest BCUT2D eigenvalue weighted by molar-refractivity contribution is 8.26. The van der Waals surface area contributed by atoms with Gasteiger partial charge >= 0.3 is 0 Å². The van der Waals surface area contributed by atoms with Crippen LogP contribution in [0.4, 0.5) is 5.69 Å². The third-order valence-electron chi connectivity index (χ3n) is 5.37. The second-order valence-electron chi connectivity index (χ2n) is 8.20. The van der Waals surface area contributed by atoms with Gasteiger partial charge < -0.3 is 10.1 Å². The highest BCUT2D eigenvalue weighted by Gasteiger charge is 2.31. The average Bonchev–Trinajstić information content (AvgIpc) is 3.11. The van der Waals surface area contributed by atoms with Crippen molar-refractivity contribution >= 4 is 51.9 Å². The number of anilines is 1. The summed E-state index contributed by atoms with van der Waals surface area (Å²) in [7, 11) is 0. The van der Waals surface area contributed by atoms with Gasteiger partial charge in [-0.25, -0.2) is 0 Å². The Labute approximate surface area is 215 Å². The van der Waals surface area contributed by atoms with Crippen molar-refractivity contribution in [3.05, 3.63) is 100 Å². The molecule has 1 saturated heterocycles. The Balaban J connectivity index is 1.31. The molecule has 35 heavy (non-hydrogen) atoms. The Morgan fingerprint density at radius 2 is 1.86 bits per heavy atom. The summed E-state index contributed by atoms with van der Waals surface area (Å²) in [5, 5.41) is 2.89. The van der Waals surface area contributed by atoms with Crippen molar-refractivity contribution in [3.8, 4) is 5.75 Å². The smallest absolute Gasteiger partial charge is 0.266 e. The van der Waals surface area contributed by atoms with Gasteiger partial charge in [0.05, 0.1) is 4.91 Å². The molecule has 4 rings (SSSR count). The van der Waals surface area contributed by atoms with Crippen LogP contribution in [0.15, 0.2) is 83.8 Å². The molecule has 0 bridgehead atoms. The van der Waals surface area contributed by atoms with Crippen LogP contribution in [0.2, 0.25) is 0 Å². The van der Waals surface area contributed by atoms with E-state index < -0.39 is 0 Å². The van der Waals surface area contributed by atoms with Crippen LogP contribution in [-0.4, -0.2) is 27.6 Å². The molecule has 0 spiro atoms. The first-order valence-corrected chi connectivity index (χ1v) is 12.6. The van der Waals surface area contributed by atoms with E-state index in [1.54, 1.807) is 4.90 Å². The minimum absolute atomic E-state index is 0.0797. The number of ether oxygens (including phenoxy) is 1. The Hall–Kier alpha value is -3.42. The summed E-state index contributed by atoms with van der Waals surface area (Å²) in [6.45, 7) is 2.86. The molecule has 0 radical (unpaired) electrons. The topological polar surface area (TPSA) is 58.6 Å². The average molecular weight is 503 g/mol. The summed E-state index contributed by atoms with van der Waals surface area (Å²) in [4.78, 5) is 27.3. The predicted molar refractivity (Wildman–Crippen MR) is 146 cm³/mol. The number of carbonyl (C=O) groups is 2. The molecule has 0 saturated carbocycles. The number of thiocarbonyl (C=S) groups is 1. The van der Waals surface area contributed by atoms with Gasteiger partial charge in [0.25, 0.3) is 5.91 Å². The first-order valence-electron chi connectivity index (χ1n) is 11.4. The van der Waals surface area contributed by atoms with Crippen LogP contribution in [0.25, 0.3) is 6.08 Å². The van der Waals surface area contributed by atoms with E-state index in [0.717, 1.165) is 28.1 Å². The second-order valence-corrected chi connectivity index (χ2v) is 9.88. The standard InChI is InChI=1S/C28H26N2O3S2/c1-20-8-5-12-23(16-20)29-26(31)14-7-15-30-27(32)25(35-28(30)34)18-22-11-6-13-24(17-22)33-19-21-9-3-2-4-10-21/h2-6,8-13,16-18H,7,14-15,19H2,1H3,(H,29,31)/b25-18-. The fourth-order valence-corrected chi connectivity index (χ4v) is 4.93. The van der Waals surface area contributed by atoms with Crippen molar-refractivity contribution in [2.75, 3.05) is 11.9 Å². The van der Waals surface area contributed by atoms with Crippen LogP contribution in [0.5, 0.6) is 5.75 Å². The molecule has 0 unspecified atom stereocenters. The monoisotopic (exact) mass is 502 g/mol. The zero-order valence-electron chi connectivity index (χ0n) is 19.4. The van der Waals surface area contributed by atoms with Crippen molar-refractivity contribution in [2.45, 2.75) is 26.4 Å². The Bertz CT molecular complexity index is 1260. The van der Waals surface area contributed by atoms with E-state index in [0.29, 0.717) is 35.2 Å². The molecule has 5 nitrogen and oxygen atoms in total. The maximum atomic E-state index is 12.9. The number of hydrogen-bond donors (Lipinski definition) is 1. The molecule has 1 aliphatic rings. The first kappa shape index (κ1) is 24.7. The molecule has 1 heterocycles. The third-order valence-corrected chi connectivity index (χ3v) is 6.74. The van der Waals surface area contributed by atoms with Crippen molar-refractivity contribution < 1.29 is 14.3 Å². The van der Waals surface area contributed by atoms with Gasteiger partial charge in [-0.2, -0.15) is 0 Å². The third kappa shape index (κ3) is 7.04. The molecule has 3 aromatic carbocycles. The van der Waals surface area contributed by atoms with Crippen LogP contribution >= 0.6 is 24.0 Å². The molecular formula is C28H26N2O3S2. The van der Waals surface area contributed by atoms with E-state index in [1.807, 2.05) is 91.9 Å².